The van der Waals surface area contributed by atoms with Crippen LogP contribution < -0.4 is 14.8 Å². The van der Waals surface area contributed by atoms with Gasteiger partial charge in [-0.15, -0.1) is 0 Å². The summed E-state index contributed by atoms with van der Waals surface area (Å²) < 4.78 is 15.6. The van der Waals surface area contributed by atoms with E-state index >= 15 is 0 Å². The second-order valence-corrected chi connectivity index (χ2v) is 5.86. The predicted octanol–water partition coefficient (Wildman–Crippen LogP) is 5.12. The van der Waals surface area contributed by atoms with E-state index in [9.17, 15) is 4.79 Å². The highest BCUT2D eigenvalue weighted by Crippen LogP contribution is 2.33. The van der Waals surface area contributed by atoms with Gasteiger partial charge >= 0.3 is 6.09 Å². The Morgan fingerprint density at radius 3 is 2.61 bits per heavy atom. The number of hydrogen-bond acceptors (Lipinski definition) is 4. The molecule has 1 aliphatic rings. The number of anilines is 1. The summed E-state index contributed by atoms with van der Waals surface area (Å²) in [5.74, 6) is 1.29. The van der Waals surface area contributed by atoms with E-state index in [2.05, 4.69) is 5.32 Å². The second kappa shape index (κ2) is 6.74. The first-order valence-electron chi connectivity index (χ1n) is 6.50. The molecule has 1 heterocycles. The second-order valence-electron chi connectivity index (χ2n) is 4.63. The molecule has 5 nitrogen and oxygen atoms in total. The minimum absolute atomic E-state index is 0.0708. The van der Waals surface area contributed by atoms with Crippen LogP contribution in [0.1, 0.15) is 5.56 Å². The van der Waals surface area contributed by atoms with Crippen molar-refractivity contribution in [3.05, 3.63) is 51.0 Å². The highest BCUT2D eigenvalue weighted by atomic mass is 35.5. The summed E-state index contributed by atoms with van der Waals surface area (Å²) in [5, 5.41) is 3.35. The van der Waals surface area contributed by atoms with E-state index in [0.717, 1.165) is 5.56 Å². The Kier molecular flexibility index (Phi) is 4.71. The third kappa shape index (κ3) is 3.75. The van der Waals surface area contributed by atoms with Gasteiger partial charge in [-0.25, -0.2) is 4.79 Å². The van der Waals surface area contributed by atoms with Gasteiger partial charge in [0.25, 0.3) is 0 Å². The zero-order chi connectivity index (χ0) is 16.4. The molecule has 0 saturated carbocycles. The van der Waals surface area contributed by atoms with Crippen LogP contribution >= 0.6 is 34.8 Å². The maximum Gasteiger partial charge on any atom is 0.412 e. The topological polar surface area (TPSA) is 56.8 Å². The van der Waals surface area contributed by atoms with E-state index < -0.39 is 6.09 Å². The lowest BCUT2D eigenvalue weighted by Crippen LogP contribution is -2.13. The highest BCUT2D eigenvalue weighted by molar-refractivity contribution is 6.44. The Balaban J connectivity index is 1.61. The zero-order valence-electron chi connectivity index (χ0n) is 11.6. The first-order valence-corrected chi connectivity index (χ1v) is 7.63. The van der Waals surface area contributed by atoms with E-state index in [1.807, 2.05) is 0 Å². The average molecular weight is 375 g/mol. The summed E-state index contributed by atoms with van der Waals surface area (Å²) in [4.78, 5) is 11.8. The number of halogens is 3. The smallest absolute Gasteiger partial charge is 0.412 e. The van der Waals surface area contributed by atoms with Gasteiger partial charge in [0.15, 0.2) is 11.5 Å². The molecular formula is C15H10Cl3NO4. The fourth-order valence-corrected chi connectivity index (χ4v) is 2.54. The van der Waals surface area contributed by atoms with E-state index in [1.165, 1.54) is 12.1 Å². The van der Waals surface area contributed by atoms with Crippen LogP contribution in [0.15, 0.2) is 30.3 Å². The molecule has 3 rings (SSSR count). The number of benzene rings is 2. The summed E-state index contributed by atoms with van der Waals surface area (Å²) >= 11 is 17.7. The quantitative estimate of drug-likeness (QED) is 0.757. The SMILES string of the molecule is O=C(Nc1cc(Cl)c(Cl)cc1Cl)OCc1ccc2c(c1)OCO2. The Bertz CT molecular complexity index is 767. The van der Waals surface area contributed by atoms with Crippen LogP contribution in [0.5, 0.6) is 11.5 Å². The van der Waals surface area contributed by atoms with Crippen LogP contribution in [-0.2, 0) is 11.3 Å². The van der Waals surface area contributed by atoms with E-state index in [0.29, 0.717) is 22.2 Å². The normalized spacial score (nSPS) is 12.1. The average Bonchev–Trinajstić information content (AvgIpc) is 2.98. The van der Waals surface area contributed by atoms with E-state index in [1.54, 1.807) is 18.2 Å². The predicted molar refractivity (Wildman–Crippen MR) is 87.8 cm³/mol. The lowest BCUT2D eigenvalue weighted by Gasteiger charge is -2.10. The molecule has 1 amide bonds. The van der Waals surface area contributed by atoms with Gasteiger partial charge in [-0.1, -0.05) is 40.9 Å². The molecule has 8 heteroatoms. The molecule has 0 unspecified atom stereocenters. The molecule has 1 N–H and O–H groups in total. The third-order valence-corrected chi connectivity index (χ3v) is 4.09. The Morgan fingerprint density at radius 1 is 1.04 bits per heavy atom. The Labute approximate surface area is 147 Å². The van der Waals surface area contributed by atoms with Gasteiger partial charge in [-0.3, -0.25) is 5.32 Å². The summed E-state index contributed by atoms with van der Waals surface area (Å²) in [6.07, 6.45) is -0.664. The van der Waals surface area contributed by atoms with Gasteiger partial charge in [0.05, 0.1) is 20.8 Å². The molecular weight excluding hydrogens is 365 g/mol. The van der Waals surface area contributed by atoms with Crippen LogP contribution in [-0.4, -0.2) is 12.9 Å². The van der Waals surface area contributed by atoms with Crippen molar-refractivity contribution >= 4 is 46.6 Å². The minimum Gasteiger partial charge on any atom is -0.454 e. The molecule has 2 aromatic rings. The number of amides is 1. The Hall–Kier alpha value is -1.82. The molecule has 0 aromatic heterocycles. The monoisotopic (exact) mass is 373 g/mol. The number of carbonyl (C=O) groups excluding carboxylic acids is 1. The standard InChI is InChI=1S/C15H10Cl3NO4/c16-9-4-11(18)12(5-10(9)17)19-15(20)21-6-8-1-2-13-14(3-8)23-7-22-13/h1-5H,6-7H2,(H,19,20). The van der Waals surface area contributed by atoms with Gasteiger partial charge in [0, 0.05) is 0 Å². The molecule has 0 saturated heterocycles. The van der Waals surface area contributed by atoms with Crippen LogP contribution in [0.25, 0.3) is 0 Å². The number of fused-ring (bicyclic) bond motifs is 1. The first-order chi connectivity index (χ1) is 11.0. The van der Waals surface area contributed by atoms with Crippen molar-refractivity contribution in [2.75, 3.05) is 12.1 Å². The summed E-state index contributed by atoms with van der Waals surface area (Å²) in [6, 6.07) is 8.19. The molecule has 23 heavy (non-hydrogen) atoms. The molecule has 0 spiro atoms. The van der Waals surface area contributed by atoms with Crippen molar-refractivity contribution in [2.45, 2.75) is 6.61 Å². The molecule has 2 aromatic carbocycles. The van der Waals surface area contributed by atoms with Crippen LogP contribution in [0, 0.1) is 0 Å². The maximum absolute atomic E-state index is 11.8. The van der Waals surface area contributed by atoms with Gasteiger partial charge in [0.1, 0.15) is 6.61 Å². The van der Waals surface area contributed by atoms with E-state index in [4.69, 9.17) is 49.0 Å². The van der Waals surface area contributed by atoms with Gasteiger partial charge in [0.2, 0.25) is 6.79 Å². The molecule has 1 aliphatic heterocycles. The van der Waals surface area contributed by atoms with Crippen molar-refractivity contribution in [1.82, 2.24) is 0 Å². The number of nitrogens with one attached hydrogen (secondary N) is 1. The fourth-order valence-electron chi connectivity index (χ4n) is 1.94. The third-order valence-electron chi connectivity index (χ3n) is 3.05. The van der Waals surface area contributed by atoms with Crippen molar-refractivity contribution in [3.8, 4) is 11.5 Å². The van der Waals surface area contributed by atoms with Crippen LogP contribution in [0.2, 0.25) is 15.1 Å². The van der Waals surface area contributed by atoms with Gasteiger partial charge in [-0.05, 0) is 29.8 Å². The molecule has 0 radical (unpaired) electrons. The van der Waals surface area contributed by atoms with Crippen molar-refractivity contribution in [1.29, 1.82) is 0 Å². The summed E-state index contributed by atoms with van der Waals surface area (Å²) in [5.41, 5.74) is 1.08. The number of rotatable bonds is 3. The molecule has 0 bridgehead atoms. The Morgan fingerprint density at radius 2 is 1.78 bits per heavy atom. The summed E-state index contributed by atoms with van der Waals surface area (Å²) in [6.45, 7) is 0.261. The maximum atomic E-state index is 11.8. The van der Waals surface area contributed by atoms with Crippen LogP contribution in [0.4, 0.5) is 10.5 Å². The van der Waals surface area contributed by atoms with Gasteiger partial charge in [-0.2, -0.15) is 0 Å². The van der Waals surface area contributed by atoms with Crippen molar-refractivity contribution < 1.29 is 19.0 Å². The van der Waals surface area contributed by atoms with Gasteiger partial charge < -0.3 is 14.2 Å². The number of carbonyl (C=O) groups is 1. The molecule has 0 atom stereocenters. The number of ether oxygens (including phenoxy) is 3. The van der Waals surface area contributed by atoms with Crippen LogP contribution in [0.3, 0.4) is 0 Å². The number of hydrogen-bond donors (Lipinski definition) is 1. The molecule has 120 valence electrons. The first kappa shape index (κ1) is 16.1. The van der Waals surface area contributed by atoms with E-state index in [-0.39, 0.29) is 23.4 Å². The van der Waals surface area contributed by atoms with Crippen molar-refractivity contribution in [2.24, 2.45) is 0 Å². The lowest BCUT2D eigenvalue weighted by molar-refractivity contribution is 0.154. The minimum atomic E-state index is -0.664. The highest BCUT2D eigenvalue weighted by Gasteiger charge is 2.14. The molecule has 0 aliphatic carbocycles. The molecule has 0 fully saturated rings. The largest absolute Gasteiger partial charge is 0.454 e. The lowest BCUT2D eigenvalue weighted by atomic mass is 10.2. The fraction of sp³-hybridized carbons (Fsp3) is 0.133. The zero-order valence-corrected chi connectivity index (χ0v) is 13.8. The summed E-state index contributed by atoms with van der Waals surface area (Å²) in [7, 11) is 0. The van der Waals surface area contributed by atoms with Crippen molar-refractivity contribution in [3.63, 3.8) is 0 Å².